The zero-order valence-electron chi connectivity index (χ0n) is 18.4. The van der Waals surface area contributed by atoms with Gasteiger partial charge in [0.15, 0.2) is 0 Å². The number of hydrogen-bond acceptors (Lipinski definition) is 5. The molecule has 2 aromatic carbocycles. The smallest absolute Gasteiger partial charge is 0.316 e. The Labute approximate surface area is 199 Å². The minimum absolute atomic E-state index is 0.127. The van der Waals surface area contributed by atoms with E-state index in [9.17, 15) is 18.0 Å². The van der Waals surface area contributed by atoms with Crippen LogP contribution in [-0.4, -0.2) is 44.3 Å². The molecule has 33 heavy (non-hydrogen) atoms. The number of amides is 1. The fourth-order valence-electron chi connectivity index (χ4n) is 4.24. The second-order valence-corrected chi connectivity index (χ2v) is 10.9. The topological polar surface area (TPSA) is 92.8 Å². The van der Waals surface area contributed by atoms with Crippen LogP contribution in [0.25, 0.3) is 0 Å². The summed E-state index contributed by atoms with van der Waals surface area (Å²) in [6.45, 7) is 2.72. The highest BCUT2D eigenvalue weighted by Crippen LogP contribution is 2.49. The molecule has 0 aromatic heterocycles. The minimum atomic E-state index is -3.61. The fourth-order valence-corrected chi connectivity index (χ4v) is 5.83. The number of nitrogens with zero attached hydrogens (tertiary/aromatic N) is 1. The molecule has 1 N–H and O–H groups in total. The number of piperidine rings is 1. The Morgan fingerprint density at radius 3 is 2.21 bits per heavy atom. The van der Waals surface area contributed by atoms with Crippen molar-refractivity contribution in [2.75, 3.05) is 25.0 Å². The van der Waals surface area contributed by atoms with Gasteiger partial charge < -0.3 is 10.1 Å². The fraction of sp³-hybridized carbons (Fsp3) is 0.417. The molecule has 176 valence electrons. The molecule has 0 radical (unpaired) electrons. The van der Waals surface area contributed by atoms with E-state index in [1.165, 1.54) is 16.4 Å². The van der Waals surface area contributed by atoms with Gasteiger partial charge in [-0.3, -0.25) is 9.59 Å². The largest absolute Gasteiger partial charge is 0.465 e. The lowest BCUT2D eigenvalue weighted by Gasteiger charge is -2.30. The lowest BCUT2D eigenvalue weighted by molar-refractivity contribution is -0.146. The molecule has 1 aliphatic carbocycles. The number of hydrogen-bond donors (Lipinski definition) is 1. The number of sulfonamides is 1. The van der Waals surface area contributed by atoms with Crippen LogP contribution >= 0.6 is 11.6 Å². The van der Waals surface area contributed by atoms with Gasteiger partial charge in [-0.25, -0.2) is 8.42 Å². The summed E-state index contributed by atoms with van der Waals surface area (Å²) >= 11 is 5.85. The number of benzene rings is 2. The number of ether oxygens (including phenoxy) is 1. The number of anilines is 1. The van der Waals surface area contributed by atoms with E-state index in [-0.39, 0.29) is 35.8 Å². The Bertz CT molecular complexity index is 1120. The standard InChI is InChI=1S/C24H27ClN2O5S/c1-2-32-23(29)24(13-14-24)18-3-7-20(8-4-18)26-22(28)17-11-15-27(16-12-17)33(30,31)21-9-5-19(25)6-10-21/h3-10,17H,2,11-16H2,1H3,(H,26,28). The van der Waals surface area contributed by atoms with Crippen LogP contribution in [0.1, 0.15) is 38.2 Å². The Hall–Kier alpha value is -2.42. The van der Waals surface area contributed by atoms with Gasteiger partial charge in [0, 0.05) is 29.7 Å². The molecule has 2 aliphatic rings. The van der Waals surface area contributed by atoms with Crippen LogP contribution in [-0.2, 0) is 29.8 Å². The maximum absolute atomic E-state index is 12.8. The molecule has 1 aliphatic heterocycles. The molecular weight excluding hydrogens is 464 g/mol. The predicted molar refractivity (Wildman–Crippen MR) is 126 cm³/mol. The first-order valence-electron chi connectivity index (χ1n) is 11.1. The summed E-state index contributed by atoms with van der Waals surface area (Å²) in [7, 11) is -3.61. The summed E-state index contributed by atoms with van der Waals surface area (Å²) in [4.78, 5) is 25.2. The molecule has 4 rings (SSSR count). The first-order valence-corrected chi connectivity index (χ1v) is 12.9. The van der Waals surface area contributed by atoms with Gasteiger partial charge in [-0.2, -0.15) is 4.31 Å². The lowest BCUT2D eigenvalue weighted by Crippen LogP contribution is -2.41. The normalized spacial score (nSPS) is 18.5. The van der Waals surface area contributed by atoms with Crippen LogP contribution in [0.2, 0.25) is 5.02 Å². The summed E-state index contributed by atoms with van der Waals surface area (Å²) in [6, 6.07) is 13.4. The first-order chi connectivity index (χ1) is 15.8. The number of esters is 1. The van der Waals surface area contributed by atoms with Crippen molar-refractivity contribution >= 4 is 39.2 Å². The molecular formula is C24H27ClN2O5S. The summed E-state index contributed by atoms with van der Waals surface area (Å²) in [6.07, 6.45) is 2.44. The van der Waals surface area contributed by atoms with Crippen molar-refractivity contribution in [1.82, 2.24) is 4.31 Å². The maximum Gasteiger partial charge on any atom is 0.316 e. The second-order valence-electron chi connectivity index (χ2n) is 8.50. The van der Waals surface area contributed by atoms with Gasteiger partial charge in [-0.05, 0) is 74.6 Å². The lowest BCUT2D eigenvalue weighted by atomic mass is 9.95. The average molecular weight is 491 g/mol. The van der Waals surface area contributed by atoms with Gasteiger partial charge >= 0.3 is 5.97 Å². The molecule has 0 atom stereocenters. The van der Waals surface area contributed by atoms with Crippen molar-refractivity contribution in [2.24, 2.45) is 5.92 Å². The Morgan fingerprint density at radius 2 is 1.67 bits per heavy atom. The van der Waals surface area contributed by atoms with Gasteiger partial charge in [0.05, 0.1) is 16.9 Å². The number of carbonyl (C=O) groups is 2. The van der Waals surface area contributed by atoms with E-state index in [0.717, 1.165) is 18.4 Å². The molecule has 9 heteroatoms. The zero-order chi connectivity index (χ0) is 23.6. The molecule has 2 aromatic rings. The predicted octanol–water partition coefficient (Wildman–Crippen LogP) is 3.97. The third-order valence-corrected chi connectivity index (χ3v) is 8.56. The molecule has 0 spiro atoms. The number of carbonyl (C=O) groups excluding carboxylic acids is 2. The second kappa shape index (κ2) is 9.44. The van der Waals surface area contributed by atoms with E-state index < -0.39 is 15.4 Å². The van der Waals surface area contributed by atoms with Crippen LogP contribution < -0.4 is 5.32 Å². The molecule has 1 heterocycles. The van der Waals surface area contributed by atoms with Crippen LogP contribution in [0.5, 0.6) is 0 Å². The molecule has 0 unspecified atom stereocenters. The molecule has 2 fully saturated rings. The van der Waals surface area contributed by atoms with E-state index in [1.54, 1.807) is 31.2 Å². The SMILES string of the molecule is CCOC(=O)C1(c2ccc(NC(=O)C3CCN(S(=O)(=O)c4ccc(Cl)cc4)CC3)cc2)CC1. The van der Waals surface area contributed by atoms with Gasteiger partial charge in [0.1, 0.15) is 0 Å². The van der Waals surface area contributed by atoms with Crippen molar-refractivity contribution in [3.05, 3.63) is 59.1 Å². The number of rotatable bonds is 7. The van der Waals surface area contributed by atoms with Crippen molar-refractivity contribution in [1.29, 1.82) is 0 Å². The van der Waals surface area contributed by atoms with Crippen LogP contribution in [0.3, 0.4) is 0 Å². The van der Waals surface area contributed by atoms with Crippen LogP contribution in [0, 0.1) is 5.92 Å². The van der Waals surface area contributed by atoms with Crippen LogP contribution in [0.15, 0.2) is 53.4 Å². The van der Waals surface area contributed by atoms with E-state index >= 15 is 0 Å². The molecule has 1 saturated heterocycles. The number of nitrogens with one attached hydrogen (secondary N) is 1. The van der Waals surface area contributed by atoms with E-state index in [1.807, 2.05) is 12.1 Å². The van der Waals surface area contributed by atoms with Gasteiger partial charge in [0.25, 0.3) is 0 Å². The average Bonchev–Trinajstić information content (AvgIpc) is 3.62. The molecule has 7 nitrogen and oxygen atoms in total. The first kappa shape index (κ1) is 23.7. The third kappa shape index (κ3) is 4.93. The van der Waals surface area contributed by atoms with Crippen molar-refractivity contribution in [3.63, 3.8) is 0 Å². The Morgan fingerprint density at radius 1 is 1.06 bits per heavy atom. The Kier molecular flexibility index (Phi) is 6.79. The Balaban J connectivity index is 1.33. The minimum Gasteiger partial charge on any atom is -0.465 e. The van der Waals surface area contributed by atoms with Gasteiger partial charge in [-0.1, -0.05) is 23.7 Å². The summed E-state index contributed by atoms with van der Waals surface area (Å²) in [5.41, 5.74) is 1.01. The highest BCUT2D eigenvalue weighted by molar-refractivity contribution is 7.89. The quantitative estimate of drug-likeness (QED) is 0.593. The maximum atomic E-state index is 12.8. The van der Waals surface area contributed by atoms with Crippen molar-refractivity contribution in [3.8, 4) is 0 Å². The molecule has 1 saturated carbocycles. The van der Waals surface area contributed by atoms with E-state index in [4.69, 9.17) is 16.3 Å². The number of halogens is 1. The highest BCUT2D eigenvalue weighted by Gasteiger charge is 2.52. The highest BCUT2D eigenvalue weighted by atomic mass is 35.5. The zero-order valence-corrected chi connectivity index (χ0v) is 20.0. The van der Waals surface area contributed by atoms with E-state index in [0.29, 0.717) is 30.2 Å². The van der Waals surface area contributed by atoms with Crippen LogP contribution in [0.4, 0.5) is 5.69 Å². The molecule has 1 amide bonds. The third-order valence-electron chi connectivity index (χ3n) is 6.40. The summed E-state index contributed by atoms with van der Waals surface area (Å²) in [5, 5.41) is 3.40. The summed E-state index contributed by atoms with van der Waals surface area (Å²) in [5.74, 6) is -0.587. The van der Waals surface area contributed by atoms with Gasteiger partial charge in [0.2, 0.25) is 15.9 Å². The van der Waals surface area contributed by atoms with Crippen molar-refractivity contribution in [2.45, 2.75) is 42.9 Å². The molecule has 0 bridgehead atoms. The van der Waals surface area contributed by atoms with Gasteiger partial charge in [-0.15, -0.1) is 0 Å². The van der Waals surface area contributed by atoms with E-state index in [2.05, 4.69) is 5.32 Å². The summed E-state index contributed by atoms with van der Waals surface area (Å²) < 4.78 is 32.3. The van der Waals surface area contributed by atoms with Crippen molar-refractivity contribution < 1.29 is 22.7 Å². The monoisotopic (exact) mass is 490 g/mol.